The second kappa shape index (κ2) is 7.85. The molecule has 0 saturated carbocycles. The summed E-state index contributed by atoms with van der Waals surface area (Å²) in [5.41, 5.74) is 0.547. The van der Waals surface area contributed by atoms with E-state index in [2.05, 4.69) is 15.4 Å². The zero-order chi connectivity index (χ0) is 20.4. The van der Waals surface area contributed by atoms with Crippen LogP contribution in [0.2, 0.25) is 0 Å². The molecule has 1 aromatic heterocycles. The largest absolute Gasteiger partial charge is 0.487 e. The average Bonchev–Trinajstić information content (AvgIpc) is 3.19. The molecule has 3 atom stereocenters. The van der Waals surface area contributed by atoms with Crippen molar-refractivity contribution in [2.24, 2.45) is 5.92 Å². The standard InChI is InChI=1S/C21H27N5O3/c1-15(12-26-14-22-13-23-26)20(28)24-17-11-21(8-7-19(27)25(2)10-9-21)29-18-6-4-3-5-16(17)18/h3-6,13-15,17H,7-12H2,1-2H3,(H,24,28)/t15-,17+,21-/m1/s1. The smallest absolute Gasteiger partial charge is 0.225 e. The second-order valence-corrected chi connectivity index (χ2v) is 8.17. The Morgan fingerprint density at radius 1 is 1.38 bits per heavy atom. The number of carbonyl (C=O) groups is 2. The minimum absolute atomic E-state index is 0.0285. The fourth-order valence-corrected chi connectivity index (χ4v) is 4.20. The van der Waals surface area contributed by atoms with Crippen LogP contribution in [-0.2, 0) is 16.1 Å². The highest BCUT2D eigenvalue weighted by Gasteiger charge is 2.43. The van der Waals surface area contributed by atoms with Crippen LogP contribution in [0.4, 0.5) is 0 Å². The van der Waals surface area contributed by atoms with Crippen LogP contribution in [0.25, 0.3) is 0 Å². The first-order valence-corrected chi connectivity index (χ1v) is 10.1. The van der Waals surface area contributed by atoms with Gasteiger partial charge in [0.25, 0.3) is 0 Å². The van der Waals surface area contributed by atoms with E-state index in [0.717, 1.165) is 17.7 Å². The van der Waals surface area contributed by atoms with Crippen LogP contribution >= 0.6 is 0 Å². The molecular weight excluding hydrogens is 370 g/mol. The van der Waals surface area contributed by atoms with Crippen molar-refractivity contribution >= 4 is 11.8 Å². The van der Waals surface area contributed by atoms with E-state index in [1.54, 1.807) is 15.9 Å². The molecule has 8 heteroatoms. The minimum Gasteiger partial charge on any atom is -0.487 e. The fourth-order valence-electron chi connectivity index (χ4n) is 4.20. The number of nitrogens with zero attached hydrogens (tertiary/aromatic N) is 4. The number of amides is 2. The normalized spacial score (nSPS) is 25.1. The molecule has 2 amide bonds. The van der Waals surface area contributed by atoms with Crippen molar-refractivity contribution in [2.75, 3.05) is 13.6 Å². The number of rotatable bonds is 4. The Balaban J connectivity index is 1.53. The number of ether oxygens (including phenoxy) is 1. The van der Waals surface area contributed by atoms with Crippen molar-refractivity contribution in [3.63, 3.8) is 0 Å². The summed E-state index contributed by atoms with van der Waals surface area (Å²) in [5, 5.41) is 7.31. The van der Waals surface area contributed by atoms with Crippen LogP contribution in [0.3, 0.4) is 0 Å². The molecule has 4 rings (SSSR count). The third kappa shape index (κ3) is 4.11. The van der Waals surface area contributed by atoms with Crippen molar-refractivity contribution in [3.8, 4) is 5.75 Å². The van der Waals surface area contributed by atoms with Gasteiger partial charge >= 0.3 is 0 Å². The number of likely N-dealkylation sites (tertiary alicyclic amines) is 1. The number of aromatic nitrogens is 3. The molecule has 2 aliphatic heterocycles. The maximum absolute atomic E-state index is 12.9. The third-order valence-electron chi connectivity index (χ3n) is 6.01. The molecule has 29 heavy (non-hydrogen) atoms. The number of fused-ring (bicyclic) bond motifs is 1. The molecule has 1 aromatic carbocycles. The predicted molar refractivity (Wildman–Crippen MR) is 106 cm³/mol. The Kier molecular flexibility index (Phi) is 5.25. The summed E-state index contributed by atoms with van der Waals surface area (Å²) in [6, 6.07) is 7.71. The number of benzene rings is 1. The number of hydrogen-bond acceptors (Lipinski definition) is 5. The molecule has 0 unspecified atom stereocenters. The SMILES string of the molecule is C[C@H](Cn1cncn1)C(=O)N[C@H]1C[C@]2(CCC(=O)N(C)CC2)Oc2ccccc21. The first-order valence-electron chi connectivity index (χ1n) is 10.1. The van der Waals surface area contributed by atoms with Gasteiger partial charge in [-0.25, -0.2) is 4.98 Å². The second-order valence-electron chi connectivity index (χ2n) is 8.17. The highest BCUT2D eigenvalue weighted by atomic mass is 16.5. The predicted octanol–water partition coefficient (Wildman–Crippen LogP) is 1.94. The van der Waals surface area contributed by atoms with Crippen LogP contribution in [-0.4, -0.2) is 50.7 Å². The van der Waals surface area contributed by atoms with Crippen molar-refractivity contribution in [2.45, 2.75) is 50.8 Å². The quantitative estimate of drug-likeness (QED) is 0.852. The lowest BCUT2D eigenvalue weighted by Crippen LogP contribution is -2.46. The maximum Gasteiger partial charge on any atom is 0.225 e. The van der Waals surface area contributed by atoms with Gasteiger partial charge in [0.05, 0.1) is 18.5 Å². The molecule has 3 heterocycles. The first-order chi connectivity index (χ1) is 14.0. The first kappa shape index (κ1) is 19.4. The van der Waals surface area contributed by atoms with Crippen molar-refractivity contribution in [3.05, 3.63) is 42.5 Å². The summed E-state index contributed by atoms with van der Waals surface area (Å²) >= 11 is 0. The summed E-state index contributed by atoms with van der Waals surface area (Å²) in [4.78, 5) is 30.8. The van der Waals surface area contributed by atoms with E-state index in [9.17, 15) is 9.59 Å². The van der Waals surface area contributed by atoms with Crippen LogP contribution in [0.5, 0.6) is 5.75 Å². The monoisotopic (exact) mass is 397 g/mol. The lowest BCUT2D eigenvalue weighted by Gasteiger charge is -2.42. The fraction of sp³-hybridized carbons (Fsp3) is 0.524. The summed E-state index contributed by atoms with van der Waals surface area (Å²) in [6.45, 7) is 3.02. The summed E-state index contributed by atoms with van der Waals surface area (Å²) in [5.74, 6) is 0.667. The van der Waals surface area contributed by atoms with Gasteiger partial charge in [0.1, 0.15) is 24.0 Å². The number of nitrogens with one attached hydrogen (secondary N) is 1. The highest BCUT2D eigenvalue weighted by Crippen LogP contribution is 2.44. The number of para-hydroxylation sites is 1. The molecule has 1 fully saturated rings. The Labute approximate surface area is 170 Å². The van der Waals surface area contributed by atoms with Gasteiger partial charge in [-0.3, -0.25) is 14.3 Å². The van der Waals surface area contributed by atoms with Crippen molar-refractivity contribution < 1.29 is 14.3 Å². The van der Waals surface area contributed by atoms with Crippen LogP contribution in [0.1, 0.15) is 44.2 Å². The Bertz CT molecular complexity index is 884. The van der Waals surface area contributed by atoms with Crippen LogP contribution in [0.15, 0.2) is 36.9 Å². The Hall–Kier alpha value is -2.90. The molecule has 2 aromatic rings. The molecule has 1 saturated heterocycles. The zero-order valence-electron chi connectivity index (χ0n) is 16.9. The van der Waals surface area contributed by atoms with Gasteiger partial charge < -0.3 is 15.0 Å². The maximum atomic E-state index is 12.9. The highest BCUT2D eigenvalue weighted by molar-refractivity contribution is 5.79. The van der Waals surface area contributed by atoms with Crippen molar-refractivity contribution in [1.29, 1.82) is 0 Å². The Morgan fingerprint density at radius 3 is 3.00 bits per heavy atom. The van der Waals surface area contributed by atoms with Gasteiger partial charge in [0.2, 0.25) is 11.8 Å². The summed E-state index contributed by atoms with van der Waals surface area (Å²) < 4.78 is 8.11. The van der Waals surface area contributed by atoms with Gasteiger partial charge in [-0.1, -0.05) is 25.1 Å². The van der Waals surface area contributed by atoms with Crippen LogP contribution in [0, 0.1) is 5.92 Å². The molecule has 0 bridgehead atoms. The number of carbonyl (C=O) groups excluding carboxylic acids is 2. The van der Waals surface area contributed by atoms with Crippen molar-refractivity contribution in [1.82, 2.24) is 25.0 Å². The Morgan fingerprint density at radius 2 is 2.21 bits per heavy atom. The van der Waals surface area contributed by atoms with Crippen LogP contribution < -0.4 is 10.1 Å². The van der Waals surface area contributed by atoms with Gasteiger partial charge in [0.15, 0.2) is 0 Å². The lowest BCUT2D eigenvalue weighted by molar-refractivity contribution is -0.129. The average molecular weight is 397 g/mol. The van der Waals surface area contributed by atoms with Gasteiger partial charge in [-0.2, -0.15) is 5.10 Å². The third-order valence-corrected chi connectivity index (χ3v) is 6.01. The molecule has 0 aliphatic carbocycles. The van der Waals surface area contributed by atoms with E-state index in [1.807, 2.05) is 38.2 Å². The van der Waals surface area contributed by atoms with E-state index in [-0.39, 0.29) is 23.8 Å². The van der Waals surface area contributed by atoms with Gasteiger partial charge in [-0.15, -0.1) is 0 Å². The topological polar surface area (TPSA) is 89.3 Å². The van der Waals surface area contributed by atoms with E-state index >= 15 is 0 Å². The zero-order valence-corrected chi connectivity index (χ0v) is 16.9. The van der Waals surface area contributed by atoms with Gasteiger partial charge in [0, 0.05) is 38.4 Å². The van der Waals surface area contributed by atoms with E-state index in [1.165, 1.54) is 6.33 Å². The molecule has 1 N–H and O–H groups in total. The van der Waals surface area contributed by atoms with E-state index in [0.29, 0.717) is 32.4 Å². The van der Waals surface area contributed by atoms with E-state index in [4.69, 9.17) is 4.74 Å². The van der Waals surface area contributed by atoms with E-state index < -0.39 is 5.60 Å². The molecule has 2 aliphatic rings. The molecule has 0 radical (unpaired) electrons. The molecule has 154 valence electrons. The molecule has 1 spiro atoms. The molecule has 8 nitrogen and oxygen atoms in total. The lowest BCUT2D eigenvalue weighted by atomic mass is 9.82. The summed E-state index contributed by atoms with van der Waals surface area (Å²) in [7, 11) is 1.84. The molecular formula is C21H27N5O3. The minimum atomic E-state index is -0.443. The summed E-state index contributed by atoms with van der Waals surface area (Å²) in [6.07, 6.45) is 5.61. The van der Waals surface area contributed by atoms with Gasteiger partial charge in [-0.05, 0) is 12.5 Å². The number of hydrogen-bond donors (Lipinski definition) is 1.